The third kappa shape index (κ3) is 5.26. The van der Waals surface area contributed by atoms with E-state index in [4.69, 9.17) is 0 Å². The second kappa shape index (κ2) is 6.19. The highest BCUT2D eigenvalue weighted by atomic mass is 16.5. The summed E-state index contributed by atoms with van der Waals surface area (Å²) < 4.78 is 8.81. The standard InChI is InChI=1S/C8H10O4/c1-3-4-5-12-8(10)6-7(9)11-2/h4H,1,5-6H2,2H3. The smallest absolute Gasteiger partial charge is 0.317 e. The van der Waals surface area contributed by atoms with Crippen LogP contribution in [0.2, 0.25) is 0 Å². The SMILES string of the molecule is C=C=CCOC(=O)CC(=O)OC. The maximum absolute atomic E-state index is 10.7. The minimum atomic E-state index is -0.617. The molecule has 0 heterocycles. The van der Waals surface area contributed by atoms with Crippen molar-refractivity contribution in [2.75, 3.05) is 13.7 Å². The largest absolute Gasteiger partial charge is 0.469 e. The molecule has 0 saturated heterocycles. The molecule has 0 aromatic carbocycles. The Morgan fingerprint density at radius 2 is 2.17 bits per heavy atom. The summed E-state index contributed by atoms with van der Waals surface area (Å²) >= 11 is 0. The van der Waals surface area contributed by atoms with Gasteiger partial charge < -0.3 is 9.47 Å². The molecule has 0 unspecified atom stereocenters. The molecule has 0 atom stereocenters. The van der Waals surface area contributed by atoms with Crippen LogP contribution in [0.3, 0.4) is 0 Å². The lowest BCUT2D eigenvalue weighted by atomic mass is 10.4. The molecule has 0 radical (unpaired) electrons. The lowest BCUT2D eigenvalue weighted by molar-refractivity contribution is -0.152. The summed E-state index contributed by atoms with van der Waals surface area (Å²) in [5, 5.41) is 0. The van der Waals surface area contributed by atoms with Crippen molar-refractivity contribution in [2.45, 2.75) is 6.42 Å². The molecular weight excluding hydrogens is 160 g/mol. The van der Waals surface area contributed by atoms with Crippen molar-refractivity contribution in [1.82, 2.24) is 0 Å². The molecule has 0 aromatic rings. The second-order valence-corrected chi connectivity index (χ2v) is 1.84. The number of ether oxygens (including phenoxy) is 2. The van der Waals surface area contributed by atoms with Gasteiger partial charge in [-0.2, -0.15) is 0 Å². The van der Waals surface area contributed by atoms with Crippen LogP contribution < -0.4 is 0 Å². The second-order valence-electron chi connectivity index (χ2n) is 1.84. The summed E-state index contributed by atoms with van der Waals surface area (Å²) in [5.74, 6) is -1.23. The Morgan fingerprint density at radius 1 is 1.50 bits per heavy atom. The van der Waals surface area contributed by atoms with E-state index >= 15 is 0 Å². The van der Waals surface area contributed by atoms with E-state index in [1.165, 1.54) is 13.2 Å². The first-order chi connectivity index (χ1) is 5.70. The van der Waals surface area contributed by atoms with Crippen LogP contribution >= 0.6 is 0 Å². The molecule has 12 heavy (non-hydrogen) atoms. The number of carbonyl (C=O) groups is 2. The van der Waals surface area contributed by atoms with Gasteiger partial charge in [-0.25, -0.2) is 0 Å². The van der Waals surface area contributed by atoms with Crippen molar-refractivity contribution in [3.05, 3.63) is 18.4 Å². The molecule has 4 heteroatoms. The molecule has 0 spiro atoms. The average molecular weight is 170 g/mol. The summed E-state index contributed by atoms with van der Waals surface area (Å²) in [6, 6.07) is 0. The van der Waals surface area contributed by atoms with Crippen LogP contribution in [0.25, 0.3) is 0 Å². The minimum absolute atomic E-state index is 0.0827. The first kappa shape index (κ1) is 10.5. The lowest BCUT2D eigenvalue weighted by Gasteiger charge is -1.98. The molecular formula is C8H10O4. The first-order valence-corrected chi connectivity index (χ1v) is 3.27. The predicted octanol–water partition coefficient (Wildman–Crippen LogP) is 0.434. The van der Waals surface area contributed by atoms with Crippen LogP contribution in [0.15, 0.2) is 18.4 Å². The van der Waals surface area contributed by atoms with Gasteiger partial charge in [0.15, 0.2) is 0 Å². The first-order valence-electron chi connectivity index (χ1n) is 3.27. The summed E-state index contributed by atoms with van der Waals surface area (Å²) in [7, 11) is 1.21. The van der Waals surface area contributed by atoms with Crippen molar-refractivity contribution >= 4 is 11.9 Å². The molecule has 0 rings (SSSR count). The third-order valence-electron chi connectivity index (χ3n) is 0.988. The molecule has 0 aliphatic rings. The zero-order valence-electron chi connectivity index (χ0n) is 6.83. The summed E-state index contributed by atoms with van der Waals surface area (Å²) in [5.41, 5.74) is 2.42. The molecule has 0 bridgehead atoms. The Labute approximate surface area is 70.5 Å². The van der Waals surface area contributed by atoms with Crippen molar-refractivity contribution in [3.63, 3.8) is 0 Å². The molecule has 66 valence electrons. The molecule has 0 aliphatic heterocycles. The van der Waals surface area contributed by atoms with Crippen LogP contribution in [0.1, 0.15) is 6.42 Å². The molecule has 0 aliphatic carbocycles. The van der Waals surface area contributed by atoms with Crippen LogP contribution in [0.5, 0.6) is 0 Å². The van der Waals surface area contributed by atoms with Gasteiger partial charge in [0, 0.05) is 0 Å². The molecule has 0 N–H and O–H groups in total. The van der Waals surface area contributed by atoms with Crippen LogP contribution in [-0.2, 0) is 19.1 Å². The highest BCUT2D eigenvalue weighted by Crippen LogP contribution is 1.89. The fraction of sp³-hybridized carbons (Fsp3) is 0.375. The number of rotatable bonds is 4. The Kier molecular flexibility index (Phi) is 5.39. The number of methoxy groups -OCH3 is 1. The topological polar surface area (TPSA) is 52.6 Å². The van der Waals surface area contributed by atoms with Gasteiger partial charge in [0.25, 0.3) is 0 Å². The Balaban J connectivity index is 3.59. The zero-order chi connectivity index (χ0) is 9.40. The summed E-state index contributed by atoms with van der Waals surface area (Å²) in [6.07, 6.45) is 1.08. The number of hydrogen-bond acceptors (Lipinski definition) is 4. The minimum Gasteiger partial charge on any atom is -0.469 e. The number of esters is 2. The van der Waals surface area contributed by atoms with Gasteiger partial charge in [0.1, 0.15) is 13.0 Å². The zero-order valence-corrected chi connectivity index (χ0v) is 6.83. The van der Waals surface area contributed by atoms with Crippen molar-refractivity contribution in [1.29, 1.82) is 0 Å². The molecule has 0 fully saturated rings. The quantitative estimate of drug-likeness (QED) is 0.349. The van der Waals surface area contributed by atoms with Crippen molar-refractivity contribution < 1.29 is 19.1 Å². The van der Waals surface area contributed by atoms with Gasteiger partial charge in [-0.15, -0.1) is 5.73 Å². The van der Waals surface area contributed by atoms with Gasteiger partial charge in [0.2, 0.25) is 0 Å². The molecule has 0 aromatic heterocycles. The fourth-order valence-electron chi connectivity index (χ4n) is 0.435. The maximum Gasteiger partial charge on any atom is 0.317 e. The Hall–Kier alpha value is -1.54. The van der Waals surface area contributed by atoms with Crippen LogP contribution in [0.4, 0.5) is 0 Å². The third-order valence-corrected chi connectivity index (χ3v) is 0.988. The van der Waals surface area contributed by atoms with Gasteiger partial charge in [-0.1, -0.05) is 6.58 Å². The van der Waals surface area contributed by atoms with E-state index < -0.39 is 11.9 Å². The van der Waals surface area contributed by atoms with E-state index in [1.807, 2.05) is 0 Å². The van der Waals surface area contributed by atoms with E-state index in [0.717, 1.165) is 0 Å². The average Bonchev–Trinajstić information content (AvgIpc) is 2.05. The number of carbonyl (C=O) groups excluding carboxylic acids is 2. The van der Waals surface area contributed by atoms with E-state index in [1.54, 1.807) is 0 Å². The van der Waals surface area contributed by atoms with E-state index in [2.05, 4.69) is 21.8 Å². The predicted molar refractivity (Wildman–Crippen MR) is 41.3 cm³/mol. The van der Waals surface area contributed by atoms with Gasteiger partial charge in [-0.3, -0.25) is 9.59 Å². The highest BCUT2D eigenvalue weighted by molar-refractivity contribution is 5.91. The summed E-state index contributed by atoms with van der Waals surface area (Å²) in [4.78, 5) is 21.2. The van der Waals surface area contributed by atoms with Gasteiger partial charge in [0.05, 0.1) is 7.11 Å². The maximum atomic E-state index is 10.7. The fourth-order valence-corrected chi connectivity index (χ4v) is 0.435. The Morgan fingerprint density at radius 3 is 2.67 bits per heavy atom. The van der Waals surface area contributed by atoms with E-state index in [9.17, 15) is 9.59 Å². The van der Waals surface area contributed by atoms with E-state index in [-0.39, 0.29) is 13.0 Å². The van der Waals surface area contributed by atoms with Crippen molar-refractivity contribution in [2.24, 2.45) is 0 Å². The molecule has 0 saturated carbocycles. The van der Waals surface area contributed by atoms with Gasteiger partial charge in [-0.05, 0) is 6.08 Å². The van der Waals surface area contributed by atoms with Crippen molar-refractivity contribution in [3.8, 4) is 0 Å². The normalized spacial score (nSPS) is 8.08. The molecule has 0 amide bonds. The highest BCUT2D eigenvalue weighted by Gasteiger charge is 2.09. The van der Waals surface area contributed by atoms with Crippen LogP contribution in [-0.4, -0.2) is 25.7 Å². The van der Waals surface area contributed by atoms with Crippen LogP contribution in [0, 0.1) is 0 Å². The molecule has 4 nitrogen and oxygen atoms in total. The monoisotopic (exact) mass is 170 g/mol. The Bertz CT molecular complexity index is 213. The number of hydrogen-bond donors (Lipinski definition) is 0. The van der Waals surface area contributed by atoms with Gasteiger partial charge >= 0.3 is 11.9 Å². The van der Waals surface area contributed by atoms with E-state index in [0.29, 0.717) is 0 Å². The lowest BCUT2D eigenvalue weighted by Crippen LogP contribution is -2.12. The summed E-state index contributed by atoms with van der Waals surface area (Å²) in [6.45, 7) is 3.35.